The first-order valence-electron chi connectivity index (χ1n) is 2.53. The molecule has 1 heterocycles. The summed E-state index contributed by atoms with van der Waals surface area (Å²) in [6.45, 7) is 0. The maximum Gasteiger partial charge on any atom is 0.222 e. The molecule has 0 radical (unpaired) electrons. The van der Waals surface area contributed by atoms with E-state index in [2.05, 4.69) is 9.97 Å². The molecule has 0 saturated heterocycles. The van der Waals surface area contributed by atoms with Crippen LogP contribution in [0.2, 0.25) is 10.3 Å². The van der Waals surface area contributed by atoms with E-state index in [1.807, 2.05) is 0 Å². The van der Waals surface area contributed by atoms with Crippen LogP contribution in [0.3, 0.4) is 0 Å². The van der Waals surface area contributed by atoms with Gasteiger partial charge in [-0.15, -0.1) is 0 Å². The lowest BCUT2D eigenvalue weighted by molar-refractivity contribution is 1.17. The van der Waals surface area contributed by atoms with Gasteiger partial charge in [-0.1, -0.05) is 23.2 Å². The van der Waals surface area contributed by atoms with Crippen molar-refractivity contribution in [2.75, 3.05) is 5.73 Å². The van der Waals surface area contributed by atoms with Gasteiger partial charge in [-0.25, -0.2) is 0 Å². The zero-order valence-corrected chi connectivity index (χ0v) is 6.69. The molecule has 0 aliphatic heterocycles. The maximum absolute atomic E-state index is 8.45. The van der Waals surface area contributed by atoms with Gasteiger partial charge in [0, 0.05) is 0 Å². The van der Waals surface area contributed by atoms with Crippen molar-refractivity contribution in [2.24, 2.45) is 0 Å². The first kappa shape index (κ1) is 8.05. The van der Waals surface area contributed by atoms with Gasteiger partial charge in [-0.05, 0) is 0 Å². The van der Waals surface area contributed by atoms with Crippen molar-refractivity contribution < 1.29 is 0 Å². The molecule has 0 aliphatic carbocycles. The highest BCUT2D eigenvalue weighted by atomic mass is 35.5. The van der Waals surface area contributed by atoms with Crippen LogP contribution >= 0.6 is 23.2 Å². The summed E-state index contributed by atoms with van der Waals surface area (Å²) in [7, 11) is 0. The molecular formula is C5H2Cl2N4. The first-order valence-corrected chi connectivity index (χ1v) is 3.29. The van der Waals surface area contributed by atoms with Crippen molar-refractivity contribution in [3.8, 4) is 6.07 Å². The van der Waals surface area contributed by atoms with Gasteiger partial charge in [-0.3, -0.25) is 0 Å². The van der Waals surface area contributed by atoms with Crippen LogP contribution in [0.5, 0.6) is 0 Å². The Morgan fingerprint density at radius 3 is 2.09 bits per heavy atom. The maximum atomic E-state index is 8.45. The smallest absolute Gasteiger partial charge is 0.222 e. The van der Waals surface area contributed by atoms with Gasteiger partial charge in [0.25, 0.3) is 0 Å². The van der Waals surface area contributed by atoms with E-state index in [-0.39, 0.29) is 21.8 Å². The molecule has 0 atom stereocenters. The molecule has 0 bridgehead atoms. The summed E-state index contributed by atoms with van der Waals surface area (Å²) in [4.78, 5) is 7.06. The Morgan fingerprint density at radius 2 is 1.73 bits per heavy atom. The summed E-state index contributed by atoms with van der Waals surface area (Å²) in [6.07, 6.45) is 0. The van der Waals surface area contributed by atoms with Crippen LogP contribution in [0.4, 0.5) is 5.95 Å². The van der Waals surface area contributed by atoms with Crippen LogP contribution < -0.4 is 5.73 Å². The second-order valence-corrected chi connectivity index (χ2v) is 2.37. The molecule has 0 amide bonds. The summed E-state index contributed by atoms with van der Waals surface area (Å²) in [6, 6.07) is 1.75. The molecule has 2 N–H and O–H groups in total. The van der Waals surface area contributed by atoms with E-state index in [0.29, 0.717) is 0 Å². The van der Waals surface area contributed by atoms with Crippen molar-refractivity contribution in [3.63, 3.8) is 0 Å². The zero-order valence-electron chi connectivity index (χ0n) is 5.17. The number of nitrogens with two attached hydrogens (primary N) is 1. The Labute approximate surface area is 72.6 Å². The zero-order chi connectivity index (χ0) is 8.43. The van der Waals surface area contributed by atoms with E-state index in [0.717, 1.165) is 0 Å². The highest BCUT2D eigenvalue weighted by Crippen LogP contribution is 2.20. The normalized spacial score (nSPS) is 9.18. The Balaban J connectivity index is 3.40. The minimum atomic E-state index is -0.0426. The third-order valence-corrected chi connectivity index (χ3v) is 1.50. The molecule has 1 rings (SSSR count). The average molecular weight is 189 g/mol. The SMILES string of the molecule is N#Cc1c(Cl)nc(N)nc1Cl. The number of halogens is 2. The van der Waals surface area contributed by atoms with E-state index in [9.17, 15) is 0 Å². The van der Waals surface area contributed by atoms with Gasteiger partial charge in [0.2, 0.25) is 5.95 Å². The number of anilines is 1. The molecule has 4 nitrogen and oxygen atoms in total. The number of aromatic nitrogens is 2. The van der Waals surface area contributed by atoms with Gasteiger partial charge >= 0.3 is 0 Å². The van der Waals surface area contributed by atoms with Gasteiger partial charge in [0.1, 0.15) is 11.6 Å². The fourth-order valence-electron chi connectivity index (χ4n) is 0.515. The third kappa shape index (κ3) is 1.50. The largest absolute Gasteiger partial charge is 0.368 e. The number of nitrogen functional groups attached to an aromatic ring is 1. The van der Waals surface area contributed by atoms with Gasteiger partial charge < -0.3 is 5.73 Å². The molecule has 56 valence electrons. The summed E-state index contributed by atoms with van der Waals surface area (Å²) in [5.74, 6) is -0.0426. The summed E-state index contributed by atoms with van der Waals surface area (Å²) in [5, 5.41) is 8.40. The van der Waals surface area contributed by atoms with Crippen LogP contribution in [0.25, 0.3) is 0 Å². The molecule has 0 unspecified atom stereocenters. The first-order chi connectivity index (χ1) is 5.15. The Morgan fingerprint density at radius 1 is 1.27 bits per heavy atom. The second kappa shape index (κ2) is 2.91. The molecule has 0 aromatic carbocycles. The van der Waals surface area contributed by atoms with Crippen LogP contribution in [0, 0.1) is 11.3 Å². The minimum Gasteiger partial charge on any atom is -0.368 e. The van der Waals surface area contributed by atoms with Crippen molar-refractivity contribution in [2.45, 2.75) is 0 Å². The van der Waals surface area contributed by atoms with Crippen LogP contribution in [-0.4, -0.2) is 9.97 Å². The third-order valence-electron chi connectivity index (χ3n) is 0.950. The predicted molar refractivity (Wildman–Crippen MR) is 41.2 cm³/mol. The van der Waals surface area contributed by atoms with Crippen molar-refractivity contribution in [1.82, 2.24) is 9.97 Å². The van der Waals surface area contributed by atoms with E-state index in [4.69, 9.17) is 34.2 Å². The van der Waals surface area contributed by atoms with Crippen molar-refractivity contribution >= 4 is 29.2 Å². The molecular weight excluding hydrogens is 187 g/mol. The number of rotatable bonds is 0. The average Bonchev–Trinajstić information content (AvgIpc) is 1.85. The van der Waals surface area contributed by atoms with Gasteiger partial charge in [0.05, 0.1) is 0 Å². The molecule has 1 aromatic rings. The lowest BCUT2D eigenvalue weighted by Crippen LogP contribution is -1.97. The predicted octanol–water partition coefficient (Wildman–Crippen LogP) is 1.24. The van der Waals surface area contributed by atoms with E-state index in [1.165, 1.54) is 0 Å². The molecule has 6 heteroatoms. The molecule has 0 fully saturated rings. The van der Waals surface area contributed by atoms with Crippen molar-refractivity contribution in [1.29, 1.82) is 5.26 Å². The fraction of sp³-hybridized carbons (Fsp3) is 0. The molecule has 11 heavy (non-hydrogen) atoms. The highest BCUT2D eigenvalue weighted by molar-refractivity contribution is 6.35. The Hall–Kier alpha value is -1.05. The Bertz CT molecular complexity index is 307. The molecule has 1 aromatic heterocycles. The van der Waals surface area contributed by atoms with Crippen LogP contribution in [-0.2, 0) is 0 Å². The van der Waals surface area contributed by atoms with E-state index in [1.54, 1.807) is 6.07 Å². The van der Waals surface area contributed by atoms with Crippen molar-refractivity contribution in [3.05, 3.63) is 15.9 Å². The standard InChI is InChI=1S/C5H2Cl2N4/c6-3-2(1-8)4(7)11-5(9)10-3/h(H2,9,10,11). The molecule has 0 aliphatic rings. The number of hydrogen-bond acceptors (Lipinski definition) is 4. The molecule has 0 spiro atoms. The topological polar surface area (TPSA) is 75.6 Å². The highest BCUT2D eigenvalue weighted by Gasteiger charge is 2.08. The number of hydrogen-bond donors (Lipinski definition) is 1. The monoisotopic (exact) mass is 188 g/mol. The van der Waals surface area contributed by atoms with Crippen LogP contribution in [0.1, 0.15) is 5.56 Å². The summed E-state index contributed by atoms with van der Waals surface area (Å²) in [5.41, 5.74) is 5.23. The second-order valence-electron chi connectivity index (χ2n) is 1.65. The lowest BCUT2D eigenvalue weighted by atomic mass is 10.4. The van der Waals surface area contributed by atoms with E-state index < -0.39 is 0 Å². The quantitative estimate of drug-likeness (QED) is 0.622. The number of nitriles is 1. The van der Waals surface area contributed by atoms with Crippen LogP contribution in [0.15, 0.2) is 0 Å². The summed E-state index contributed by atoms with van der Waals surface area (Å²) >= 11 is 11.0. The Kier molecular flexibility index (Phi) is 2.13. The van der Waals surface area contributed by atoms with E-state index >= 15 is 0 Å². The number of nitrogens with zero attached hydrogens (tertiary/aromatic N) is 3. The minimum absolute atomic E-state index is 0.0231. The molecule has 0 saturated carbocycles. The fourth-order valence-corrected chi connectivity index (χ4v) is 1.00. The summed E-state index contributed by atoms with van der Waals surface area (Å²) < 4.78 is 0. The lowest BCUT2D eigenvalue weighted by Gasteiger charge is -1.96. The van der Waals surface area contributed by atoms with Gasteiger partial charge in [0.15, 0.2) is 10.3 Å². The van der Waals surface area contributed by atoms with Gasteiger partial charge in [-0.2, -0.15) is 15.2 Å².